The maximum atomic E-state index is 11.6. The minimum absolute atomic E-state index is 0.0394. The van der Waals surface area contributed by atoms with E-state index in [1.54, 1.807) is 7.05 Å². The van der Waals surface area contributed by atoms with Crippen LogP contribution in [0.4, 0.5) is 0 Å². The summed E-state index contributed by atoms with van der Waals surface area (Å²) in [4.78, 5) is 16.0. The standard InChI is InChI=1S/C10H16N2O2/c1-6-7(2)14-9(12-6)10(4-5-10)8(13)11-3/h6-7H,4-5H2,1-3H3,(H,11,13). The van der Waals surface area contributed by atoms with Crippen LogP contribution in [0.25, 0.3) is 0 Å². The van der Waals surface area contributed by atoms with Gasteiger partial charge in [-0.05, 0) is 26.7 Å². The molecule has 0 bridgehead atoms. The Balaban J connectivity index is 2.17. The lowest BCUT2D eigenvalue weighted by Crippen LogP contribution is -2.35. The van der Waals surface area contributed by atoms with Gasteiger partial charge in [-0.15, -0.1) is 0 Å². The Hall–Kier alpha value is -1.06. The van der Waals surface area contributed by atoms with Crippen molar-refractivity contribution in [2.45, 2.75) is 38.8 Å². The molecule has 1 heterocycles. The van der Waals surface area contributed by atoms with Gasteiger partial charge in [-0.25, -0.2) is 4.99 Å². The molecule has 2 aliphatic rings. The van der Waals surface area contributed by atoms with Crippen LogP contribution >= 0.6 is 0 Å². The topological polar surface area (TPSA) is 50.7 Å². The molecular formula is C10H16N2O2. The first kappa shape index (κ1) is 9.49. The number of ether oxygens (including phenoxy) is 1. The molecule has 2 unspecified atom stereocenters. The molecule has 14 heavy (non-hydrogen) atoms. The molecule has 1 amide bonds. The number of nitrogens with zero attached hydrogens (tertiary/aromatic N) is 1. The number of hydrogen-bond donors (Lipinski definition) is 1. The summed E-state index contributed by atoms with van der Waals surface area (Å²) >= 11 is 0. The molecule has 0 aromatic heterocycles. The van der Waals surface area contributed by atoms with Crippen molar-refractivity contribution in [3.63, 3.8) is 0 Å². The van der Waals surface area contributed by atoms with Gasteiger partial charge in [-0.1, -0.05) is 0 Å². The first-order valence-corrected chi connectivity index (χ1v) is 5.07. The third-order valence-corrected chi connectivity index (χ3v) is 3.12. The zero-order valence-electron chi connectivity index (χ0n) is 8.83. The Morgan fingerprint density at radius 2 is 2.21 bits per heavy atom. The highest BCUT2D eigenvalue weighted by molar-refractivity contribution is 6.08. The fourth-order valence-electron chi connectivity index (χ4n) is 1.73. The molecule has 0 spiro atoms. The number of hydrogen-bond acceptors (Lipinski definition) is 3. The Bertz CT molecular complexity index is 294. The molecule has 0 radical (unpaired) electrons. The monoisotopic (exact) mass is 196 g/mol. The summed E-state index contributed by atoms with van der Waals surface area (Å²) in [5.74, 6) is 0.689. The van der Waals surface area contributed by atoms with E-state index in [0.717, 1.165) is 12.8 Å². The average molecular weight is 196 g/mol. The van der Waals surface area contributed by atoms with Crippen LogP contribution < -0.4 is 5.32 Å². The smallest absolute Gasteiger partial charge is 0.235 e. The summed E-state index contributed by atoms with van der Waals surface area (Å²) in [6.45, 7) is 4.00. The van der Waals surface area contributed by atoms with Crippen molar-refractivity contribution in [1.29, 1.82) is 0 Å². The molecule has 4 nitrogen and oxygen atoms in total. The lowest BCUT2D eigenvalue weighted by molar-refractivity contribution is -0.124. The van der Waals surface area contributed by atoms with Crippen LogP contribution in [0, 0.1) is 5.41 Å². The molecule has 2 atom stereocenters. The number of aliphatic imine (C=N–C) groups is 1. The summed E-state index contributed by atoms with van der Waals surface area (Å²) in [5, 5.41) is 2.67. The molecule has 1 N–H and O–H groups in total. The molecule has 0 saturated heterocycles. The van der Waals surface area contributed by atoms with Gasteiger partial charge in [0.15, 0.2) is 5.90 Å². The van der Waals surface area contributed by atoms with Crippen molar-refractivity contribution in [2.75, 3.05) is 7.05 Å². The highest BCUT2D eigenvalue weighted by Gasteiger charge is 2.57. The van der Waals surface area contributed by atoms with Crippen molar-refractivity contribution < 1.29 is 9.53 Å². The largest absolute Gasteiger partial charge is 0.475 e. The van der Waals surface area contributed by atoms with Crippen LogP contribution in [-0.2, 0) is 9.53 Å². The van der Waals surface area contributed by atoms with E-state index in [9.17, 15) is 4.79 Å². The molecule has 4 heteroatoms. The van der Waals surface area contributed by atoms with Crippen molar-refractivity contribution in [2.24, 2.45) is 10.4 Å². The van der Waals surface area contributed by atoms with Gasteiger partial charge in [0.2, 0.25) is 5.91 Å². The van der Waals surface area contributed by atoms with E-state index in [4.69, 9.17) is 4.74 Å². The van der Waals surface area contributed by atoms with Crippen LogP contribution in [0.2, 0.25) is 0 Å². The fraction of sp³-hybridized carbons (Fsp3) is 0.800. The zero-order chi connectivity index (χ0) is 10.3. The minimum Gasteiger partial charge on any atom is -0.475 e. The maximum absolute atomic E-state index is 11.6. The lowest BCUT2D eigenvalue weighted by atomic mass is 10.1. The SMILES string of the molecule is CNC(=O)C1(C2=NC(C)C(C)O2)CC1. The molecule has 1 fully saturated rings. The van der Waals surface area contributed by atoms with Gasteiger partial charge in [0.25, 0.3) is 0 Å². The average Bonchev–Trinajstić information content (AvgIpc) is 2.90. The van der Waals surface area contributed by atoms with E-state index in [-0.39, 0.29) is 18.1 Å². The summed E-state index contributed by atoms with van der Waals surface area (Å²) in [5.41, 5.74) is -0.423. The third-order valence-electron chi connectivity index (χ3n) is 3.12. The minimum atomic E-state index is -0.423. The molecule has 1 saturated carbocycles. The fourth-order valence-corrected chi connectivity index (χ4v) is 1.73. The Kier molecular flexibility index (Phi) is 2.01. The van der Waals surface area contributed by atoms with E-state index >= 15 is 0 Å². The molecule has 0 aromatic rings. The predicted octanol–water partition coefficient (Wildman–Crippen LogP) is 0.718. The first-order chi connectivity index (χ1) is 6.60. The number of rotatable bonds is 2. The second-order valence-electron chi connectivity index (χ2n) is 4.16. The number of nitrogens with one attached hydrogen (secondary N) is 1. The lowest BCUT2D eigenvalue weighted by Gasteiger charge is -2.14. The van der Waals surface area contributed by atoms with E-state index in [1.807, 2.05) is 13.8 Å². The highest BCUT2D eigenvalue weighted by atomic mass is 16.5. The van der Waals surface area contributed by atoms with Gasteiger partial charge in [-0.2, -0.15) is 0 Å². The van der Waals surface area contributed by atoms with Gasteiger partial charge in [0.05, 0.1) is 6.04 Å². The number of carbonyl (C=O) groups is 1. The Labute approximate surface area is 83.7 Å². The molecule has 78 valence electrons. The molecule has 1 aliphatic heterocycles. The van der Waals surface area contributed by atoms with E-state index in [0.29, 0.717) is 5.90 Å². The van der Waals surface area contributed by atoms with E-state index in [1.165, 1.54) is 0 Å². The molecule has 1 aliphatic carbocycles. The quantitative estimate of drug-likeness (QED) is 0.707. The first-order valence-electron chi connectivity index (χ1n) is 5.07. The molecule has 0 aromatic carbocycles. The summed E-state index contributed by atoms with van der Waals surface area (Å²) in [7, 11) is 1.66. The summed E-state index contributed by atoms with van der Waals surface area (Å²) in [6.07, 6.45) is 1.84. The van der Waals surface area contributed by atoms with Crippen molar-refractivity contribution in [1.82, 2.24) is 5.32 Å². The van der Waals surface area contributed by atoms with Crippen LogP contribution in [0.1, 0.15) is 26.7 Å². The van der Waals surface area contributed by atoms with Crippen molar-refractivity contribution in [3.05, 3.63) is 0 Å². The van der Waals surface area contributed by atoms with Crippen molar-refractivity contribution in [3.8, 4) is 0 Å². The number of carbonyl (C=O) groups excluding carboxylic acids is 1. The maximum Gasteiger partial charge on any atom is 0.235 e. The van der Waals surface area contributed by atoms with Gasteiger partial charge in [0, 0.05) is 7.05 Å². The Morgan fingerprint density at radius 3 is 2.57 bits per heavy atom. The van der Waals surface area contributed by atoms with Gasteiger partial charge < -0.3 is 10.1 Å². The van der Waals surface area contributed by atoms with Gasteiger partial charge >= 0.3 is 0 Å². The van der Waals surface area contributed by atoms with Crippen LogP contribution in [0.3, 0.4) is 0 Å². The zero-order valence-corrected chi connectivity index (χ0v) is 8.83. The van der Waals surface area contributed by atoms with Gasteiger partial charge in [0.1, 0.15) is 11.5 Å². The van der Waals surface area contributed by atoms with Gasteiger partial charge in [-0.3, -0.25) is 4.79 Å². The third kappa shape index (κ3) is 1.21. The van der Waals surface area contributed by atoms with Crippen LogP contribution in [0.15, 0.2) is 4.99 Å². The van der Waals surface area contributed by atoms with Crippen LogP contribution in [-0.4, -0.2) is 31.0 Å². The molecular weight excluding hydrogens is 180 g/mol. The van der Waals surface area contributed by atoms with Crippen LogP contribution in [0.5, 0.6) is 0 Å². The summed E-state index contributed by atoms with van der Waals surface area (Å²) in [6, 6.07) is 0.173. The van der Waals surface area contributed by atoms with E-state index in [2.05, 4.69) is 10.3 Å². The van der Waals surface area contributed by atoms with Crippen molar-refractivity contribution >= 4 is 11.8 Å². The Morgan fingerprint density at radius 1 is 1.57 bits per heavy atom. The second kappa shape index (κ2) is 2.97. The molecule has 2 rings (SSSR count). The second-order valence-corrected chi connectivity index (χ2v) is 4.16. The predicted molar refractivity (Wildman–Crippen MR) is 53.2 cm³/mol. The number of amides is 1. The van der Waals surface area contributed by atoms with E-state index < -0.39 is 5.41 Å². The summed E-state index contributed by atoms with van der Waals surface area (Å²) < 4.78 is 5.61. The normalized spacial score (nSPS) is 33.2. The highest BCUT2D eigenvalue weighted by Crippen LogP contribution is 2.49.